The number of fused-ring (bicyclic) bond motifs is 1. The van der Waals surface area contributed by atoms with Crippen LogP contribution in [-0.4, -0.2) is 40.8 Å². The predicted octanol–water partition coefficient (Wildman–Crippen LogP) is 3.06. The number of hydrogen-bond acceptors (Lipinski definition) is 4. The van der Waals surface area contributed by atoms with Crippen LogP contribution in [0.2, 0.25) is 5.02 Å². The Balaban J connectivity index is 1.61. The summed E-state index contributed by atoms with van der Waals surface area (Å²) in [7, 11) is 0. The van der Waals surface area contributed by atoms with Crippen LogP contribution < -0.4 is 16.0 Å². The number of nitrogens with one attached hydrogen (secondary N) is 3. The van der Waals surface area contributed by atoms with Crippen LogP contribution in [0.1, 0.15) is 52.7 Å². The summed E-state index contributed by atoms with van der Waals surface area (Å²) in [5.74, 6) is -4.36. The number of aromatic nitrogens is 1. The highest BCUT2D eigenvalue weighted by molar-refractivity contribution is 6.48. The Morgan fingerprint density at radius 3 is 2.56 bits per heavy atom. The second-order valence-electron chi connectivity index (χ2n) is 8.42. The van der Waals surface area contributed by atoms with Crippen LogP contribution in [0.15, 0.2) is 18.2 Å². The van der Waals surface area contributed by atoms with E-state index in [1.807, 2.05) is 6.92 Å². The number of piperidine rings is 1. The first-order valence-corrected chi connectivity index (χ1v) is 10.8. The summed E-state index contributed by atoms with van der Waals surface area (Å²) >= 11 is 6.45. The van der Waals surface area contributed by atoms with Crippen LogP contribution in [0, 0.1) is 11.6 Å². The number of nitrogens with zero attached hydrogens (tertiary/aromatic N) is 1. The van der Waals surface area contributed by atoms with E-state index >= 15 is 0 Å². The average molecular weight is 465 g/mol. The molecular formula is C22H23ClF2N4O3. The van der Waals surface area contributed by atoms with E-state index in [1.54, 1.807) is 4.57 Å². The van der Waals surface area contributed by atoms with Gasteiger partial charge in [-0.2, -0.15) is 0 Å². The third-order valence-corrected chi connectivity index (χ3v) is 6.42. The largest absolute Gasteiger partial charge is 0.344 e. The molecule has 1 saturated heterocycles. The zero-order chi connectivity index (χ0) is 23.0. The van der Waals surface area contributed by atoms with Crippen molar-refractivity contribution in [3.05, 3.63) is 51.8 Å². The Kier molecular flexibility index (Phi) is 6.05. The number of anilines is 1. The topological polar surface area (TPSA) is 92.2 Å². The summed E-state index contributed by atoms with van der Waals surface area (Å²) < 4.78 is 28.3. The lowest BCUT2D eigenvalue weighted by atomic mass is 9.90. The monoisotopic (exact) mass is 464 g/mol. The van der Waals surface area contributed by atoms with E-state index in [2.05, 4.69) is 16.0 Å². The number of hydrogen-bond donors (Lipinski definition) is 3. The molecule has 2 aromatic rings. The number of Topliss-reactive ketones (excluding diaryl/α,β-unsaturated/α-hetero) is 1. The molecule has 0 unspecified atom stereocenters. The predicted molar refractivity (Wildman–Crippen MR) is 115 cm³/mol. The van der Waals surface area contributed by atoms with E-state index < -0.39 is 34.8 Å². The molecule has 0 spiro atoms. The minimum atomic E-state index is -1.10. The van der Waals surface area contributed by atoms with Gasteiger partial charge >= 0.3 is 0 Å². The molecule has 7 nitrogen and oxygen atoms in total. The summed E-state index contributed by atoms with van der Waals surface area (Å²) in [6, 6.07) is 2.98. The molecule has 0 aliphatic carbocycles. The fraction of sp³-hybridized carbons (Fsp3) is 0.409. The Hall–Kier alpha value is -2.78. The molecule has 2 amide bonds. The summed E-state index contributed by atoms with van der Waals surface area (Å²) in [6.07, 6.45) is 2.56. The van der Waals surface area contributed by atoms with Crippen LogP contribution >= 0.6 is 11.6 Å². The highest BCUT2D eigenvalue weighted by atomic mass is 35.5. The van der Waals surface area contributed by atoms with E-state index in [4.69, 9.17) is 11.6 Å². The van der Waals surface area contributed by atoms with Crippen molar-refractivity contribution in [3.8, 4) is 0 Å². The van der Waals surface area contributed by atoms with Gasteiger partial charge in [0.25, 0.3) is 17.6 Å². The second kappa shape index (κ2) is 8.63. The van der Waals surface area contributed by atoms with Crippen molar-refractivity contribution in [2.75, 3.05) is 18.4 Å². The van der Waals surface area contributed by atoms with Crippen LogP contribution in [0.5, 0.6) is 0 Å². The van der Waals surface area contributed by atoms with Gasteiger partial charge in [0.05, 0.1) is 10.6 Å². The molecule has 0 radical (unpaired) electrons. The van der Waals surface area contributed by atoms with E-state index in [1.165, 1.54) is 6.07 Å². The van der Waals surface area contributed by atoms with Gasteiger partial charge in [0, 0.05) is 29.5 Å². The molecule has 3 N–H and O–H groups in total. The average Bonchev–Trinajstić information content (AvgIpc) is 3.30. The van der Waals surface area contributed by atoms with Crippen molar-refractivity contribution in [3.63, 3.8) is 0 Å². The summed E-state index contributed by atoms with van der Waals surface area (Å²) in [5, 5.41) is 8.41. The second-order valence-corrected chi connectivity index (χ2v) is 8.79. The van der Waals surface area contributed by atoms with Gasteiger partial charge in [-0.1, -0.05) is 11.6 Å². The Labute approximate surface area is 188 Å². The maximum absolute atomic E-state index is 13.5. The number of carbonyl (C=O) groups is 3. The highest BCUT2D eigenvalue weighted by Crippen LogP contribution is 2.34. The van der Waals surface area contributed by atoms with Crippen LogP contribution in [0.25, 0.3) is 0 Å². The van der Waals surface area contributed by atoms with Crippen molar-refractivity contribution < 1.29 is 23.2 Å². The molecule has 1 fully saturated rings. The van der Waals surface area contributed by atoms with Crippen molar-refractivity contribution in [2.45, 2.75) is 44.7 Å². The zero-order valence-corrected chi connectivity index (χ0v) is 18.2. The van der Waals surface area contributed by atoms with Crippen molar-refractivity contribution >= 4 is 34.9 Å². The zero-order valence-electron chi connectivity index (χ0n) is 17.5. The van der Waals surface area contributed by atoms with E-state index in [-0.39, 0.29) is 22.0 Å². The van der Waals surface area contributed by atoms with Crippen LogP contribution in [0.4, 0.5) is 14.5 Å². The maximum atomic E-state index is 13.5. The third-order valence-electron chi connectivity index (χ3n) is 6.06. The van der Waals surface area contributed by atoms with E-state index in [9.17, 15) is 23.2 Å². The summed E-state index contributed by atoms with van der Waals surface area (Å²) in [6.45, 7) is 3.81. The van der Waals surface area contributed by atoms with Gasteiger partial charge < -0.3 is 20.5 Å². The number of rotatable bonds is 5. The van der Waals surface area contributed by atoms with Gasteiger partial charge in [0.2, 0.25) is 0 Å². The van der Waals surface area contributed by atoms with Gasteiger partial charge in [0.1, 0.15) is 5.69 Å². The number of amides is 2. The minimum Gasteiger partial charge on any atom is -0.344 e. The van der Waals surface area contributed by atoms with Gasteiger partial charge in [0.15, 0.2) is 11.6 Å². The molecule has 1 aromatic carbocycles. The third kappa shape index (κ3) is 4.14. The molecule has 1 aromatic heterocycles. The quantitative estimate of drug-likeness (QED) is 0.468. The Morgan fingerprint density at radius 1 is 1.16 bits per heavy atom. The first-order valence-electron chi connectivity index (χ1n) is 10.4. The normalized spacial score (nSPS) is 17.0. The lowest BCUT2D eigenvalue weighted by Gasteiger charge is -2.34. The lowest BCUT2D eigenvalue weighted by Crippen LogP contribution is -2.54. The SMILES string of the molecule is CC1(NC(=O)C(=O)c2c(Cl)c(C(=O)Nc3ccc(F)c(F)c3)c3n2CCC3)CCNCC1. The molecule has 4 rings (SSSR count). The number of carbonyl (C=O) groups excluding carboxylic acids is 3. The van der Waals surface area contributed by atoms with E-state index in [0.29, 0.717) is 37.9 Å². The summed E-state index contributed by atoms with van der Waals surface area (Å²) in [5.41, 5.74) is 0.132. The number of benzene rings is 1. The Bertz CT molecular complexity index is 1110. The van der Waals surface area contributed by atoms with Gasteiger partial charge in [-0.05, 0) is 57.8 Å². The lowest BCUT2D eigenvalue weighted by molar-refractivity contribution is -0.119. The smallest absolute Gasteiger partial charge is 0.294 e. The van der Waals surface area contributed by atoms with Crippen molar-refractivity contribution in [1.82, 2.24) is 15.2 Å². The molecule has 2 aliphatic rings. The molecule has 0 atom stereocenters. The first kappa shape index (κ1) is 22.4. The first-order chi connectivity index (χ1) is 15.2. The fourth-order valence-corrected chi connectivity index (χ4v) is 4.69. The molecule has 32 heavy (non-hydrogen) atoms. The van der Waals surface area contributed by atoms with Crippen molar-refractivity contribution in [1.29, 1.82) is 0 Å². The fourth-order valence-electron chi connectivity index (χ4n) is 4.31. The molecule has 3 heterocycles. The standard InChI is InChI=1S/C22H23ClF2N4O3/c1-22(6-8-26-9-7-22)28-21(32)19(30)18-17(23)16(15-3-2-10-29(15)18)20(31)27-12-4-5-13(24)14(25)11-12/h4-5,11,26H,2-3,6-10H2,1H3,(H,27,31)(H,28,32). The Morgan fingerprint density at radius 2 is 1.88 bits per heavy atom. The van der Waals surface area contributed by atoms with Crippen LogP contribution in [0.3, 0.4) is 0 Å². The minimum absolute atomic E-state index is 0.0235. The maximum Gasteiger partial charge on any atom is 0.294 e. The number of ketones is 1. The van der Waals surface area contributed by atoms with Crippen molar-refractivity contribution in [2.24, 2.45) is 0 Å². The molecular weight excluding hydrogens is 442 g/mol. The van der Waals surface area contributed by atoms with Gasteiger partial charge in [-0.3, -0.25) is 14.4 Å². The van der Waals surface area contributed by atoms with Gasteiger partial charge in [-0.15, -0.1) is 0 Å². The molecule has 10 heteroatoms. The summed E-state index contributed by atoms with van der Waals surface area (Å²) in [4.78, 5) is 38.8. The molecule has 0 bridgehead atoms. The number of halogens is 3. The van der Waals surface area contributed by atoms with Crippen LogP contribution in [-0.2, 0) is 17.8 Å². The molecule has 170 valence electrons. The molecule has 2 aliphatic heterocycles. The highest BCUT2D eigenvalue weighted by Gasteiger charge is 2.37. The van der Waals surface area contributed by atoms with E-state index in [0.717, 1.165) is 25.2 Å². The molecule has 0 saturated carbocycles. The van der Waals surface area contributed by atoms with Gasteiger partial charge in [-0.25, -0.2) is 8.78 Å².